The molecule has 0 fully saturated rings. The molecule has 1 N–H and O–H groups in total. The van der Waals surface area contributed by atoms with Crippen molar-refractivity contribution in [2.45, 2.75) is 40.5 Å². The number of hydrogen-bond donors (Lipinski definition) is 1. The highest BCUT2D eigenvalue weighted by Crippen LogP contribution is 2.32. The molecule has 0 atom stereocenters. The molecule has 3 aromatic rings. The van der Waals surface area contributed by atoms with Gasteiger partial charge in [-0.05, 0) is 31.4 Å². The number of anilines is 1. The summed E-state index contributed by atoms with van der Waals surface area (Å²) in [6.07, 6.45) is 3.58. The van der Waals surface area contributed by atoms with E-state index >= 15 is 0 Å². The molecule has 0 aliphatic carbocycles. The van der Waals surface area contributed by atoms with E-state index < -0.39 is 0 Å². The second kappa shape index (κ2) is 6.95. The maximum absolute atomic E-state index is 5.42. The molecule has 0 bridgehead atoms. The van der Waals surface area contributed by atoms with Crippen molar-refractivity contribution in [2.24, 2.45) is 5.92 Å². The molecule has 3 aromatic heterocycles. The van der Waals surface area contributed by atoms with Crippen LogP contribution in [0.4, 0.5) is 5.69 Å². The van der Waals surface area contributed by atoms with Crippen LogP contribution in [0.1, 0.15) is 38.7 Å². The number of nitrogens with one attached hydrogen (secondary N) is 1. The number of aromatic nitrogens is 4. The topological polar surface area (TPSA) is 76.7 Å². The Hall–Kier alpha value is -2.50. The van der Waals surface area contributed by atoms with Gasteiger partial charge in [0.05, 0.1) is 11.3 Å². The first kappa shape index (κ1) is 16.4. The third-order valence-electron chi connectivity index (χ3n) is 3.91. The van der Waals surface area contributed by atoms with Crippen LogP contribution in [0.25, 0.3) is 22.5 Å². The molecule has 6 heteroatoms. The highest BCUT2D eigenvalue weighted by molar-refractivity contribution is 5.96. The molecule has 0 spiro atoms. The van der Waals surface area contributed by atoms with E-state index in [0.717, 1.165) is 47.4 Å². The number of fused-ring (bicyclic) bond motifs is 1. The predicted octanol–water partition coefficient (Wildman–Crippen LogP) is 4.01. The zero-order chi connectivity index (χ0) is 17.1. The number of aryl methyl sites for hydroxylation is 2. The van der Waals surface area contributed by atoms with E-state index in [2.05, 4.69) is 39.3 Å². The van der Waals surface area contributed by atoms with Gasteiger partial charge in [-0.15, -0.1) is 0 Å². The third kappa shape index (κ3) is 3.37. The summed E-state index contributed by atoms with van der Waals surface area (Å²) in [5.41, 5.74) is 3.45. The molecule has 0 aliphatic heterocycles. The molecule has 3 rings (SSSR count). The van der Waals surface area contributed by atoms with Gasteiger partial charge in [0.15, 0.2) is 11.5 Å². The first-order chi connectivity index (χ1) is 11.6. The normalized spacial score (nSPS) is 11.4. The molecule has 0 amide bonds. The van der Waals surface area contributed by atoms with E-state index in [-0.39, 0.29) is 0 Å². The van der Waals surface area contributed by atoms with Gasteiger partial charge >= 0.3 is 0 Å². The first-order valence-electron chi connectivity index (χ1n) is 8.41. The van der Waals surface area contributed by atoms with Crippen molar-refractivity contribution in [2.75, 3.05) is 11.9 Å². The molecular weight excluding hydrogens is 302 g/mol. The van der Waals surface area contributed by atoms with E-state index in [4.69, 9.17) is 4.52 Å². The van der Waals surface area contributed by atoms with E-state index in [1.54, 1.807) is 6.20 Å². The van der Waals surface area contributed by atoms with Crippen molar-refractivity contribution in [3.63, 3.8) is 0 Å². The Morgan fingerprint density at radius 3 is 2.75 bits per heavy atom. The maximum atomic E-state index is 5.42. The number of pyridine rings is 2. The quantitative estimate of drug-likeness (QED) is 0.738. The highest BCUT2D eigenvalue weighted by Gasteiger charge is 2.17. The molecule has 3 heterocycles. The van der Waals surface area contributed by atoms with Crippen LogP contribution >= 0.6 is 0 Å². The Labute approximate surface area is 141 Å². The van der Waals surface area contributed by atoms with Gasteiger partial charge in [0, 0.05) is 30.2 Å². The molecule has 0 saturated carbocycles. The standard InChI is InChI=1S/C18H23N5O/c1-5-15-22-18(24-23-15)14-10-20-17-13(7-6-12(4)21-17)16(14)19-9-8-11(2)3/h6-7,10-11H,5,8-9H2,1-4H3,(H,19,20,21). The van der Waals surface area contributed by atoms with Gasteiger partial charge in [-0.3, -0.25) is 0 Å². The van der Waals surface area contributed by atoms with E-state index in [0.29, 0.717) is 17.6 Å². The van der Waals surface area contributed by atoms with Gasteiger partial charge < -0.3 is 9.84 Å². The minimum absolute atomic E-state index is 0.494. The Bertz CT molecular complexity index is 841. The van der Waals surface area contributed by atoms with Crippen molar-refractivity contribution in [1.29, 1.82) is 0 Å². The fraction of sp³-hybridized carbons (Fsp3) is 0.444. The average molecular weight is 325 g/mol. The van der Waals surface area contributed by atoms with Crippen molar-refractivity contribution in [3.05, 3.63) is 29.8 Å². The molecule has 0 saturated heterocycles. The summed E-state index contributed by atoms with van der Waals surface area (Å²) in [4.78, 5) is 13.4. The summed E-state index contributed by atoms with van der Waals surface area (Å²) in [7, 11) is 0. The van der Waals surface area contributed by atoms with Crippen LogP contribution in [0.3, 0.4) is 0 Å². The molecule has 0 radical (unpaired) electrons. The fourth-order valence-corrected chi connectivity index (χ4v) is 2.52. The zero-order valence-electron chi connectivity index (χ0n) is 14.6. The van der Waals surface area contributed by atoms with Crippen molar-refractivity contribution >= 4 is 16.7 Å². The summed E-state index contributed by atoms with van der Waals surface area (Å²) < 4.78 is 5.42. The number of rotatable bonds is 6. The molecule has 0 aliphatic rings. The minimum atomic E-state index is 0.494. The summed E-state index contributed by atoms with van der Waals surface area (Å²) in [6.45, 7) is 9.26. The lowest BCUT2D eigenvalue weighted by molar-refractivity contribution is 0.423. The highest BCUT2D eigenvalue weighted by atomic mass is 16.5. The molecule has 6 nitrogen and oxygen atoms in total. The van der Waals surface area contributed by atoms with Crippen LogP contribution in [-0.4, -0.2) is 26.7 Å². The lowest BCUT2D eigenvalue weighted by Gasteiger charge is -2.13. The lowest BCUT2D eigenvalue weighted by Crippen LogP contribution is -2.07. The third-order valence-corrected chi connectivity index (χ3v) is 3.91. The van der Waals surface area contributed by atoms with Crippen molar-refractivity contribution in [3.8, 4) is 11.5 Å². The van der Waals surface area contributed by atoms with Crippen LogP contribution in [-0.2, 0) is 6.42 Å². The van der Waals surface area contributed by atoms with Gasteiger partial charge in [0.25, 0.3) is 5.89 Å². The molecule has 126 valence electrons. The summed E-state index contributed by atoms with van der Waals surface area (Å²) in [6, 6.07) is 4.04. The van der Waals surface area contributed by atoms with Crippen LogP contribution in [0.2, 0.25) is 0 Å². The first-order valence-corrected chi connectivity index (χ1v) is 8.41. The molecule has 0 unspecified atom stereocenters. The number of hydrogen-bond acceptors (Lipinski definition) is 6. The van der Waals surface area contributed by atoms with Crippen LogP contribution in [0.15, 0.2) is 22.9 Å². The van der Waals surface area contributed by atoms with Gasteiger partial charge in [0.1, 0.15) is 0 Å². The minimum Gasteiger partial charge on any atom is -0.384 e. The van der Waals surface area contributed by atoms with E-state index in [1.165, 1.54) is 0 Å². The SMILES string of the molecule is CCc1noc(-c2cnc3nc(C)ccc3c2NCCC(C)C)n1. The van der Waals surface area contributed by atoms with Crippen LogP contribution in [0, 0.1) is 12.8 Å². The summed E-state index contributed by atoms with van der Waals surface area (Å²) in [5.74, 6) is 1.82. The Morgan fingerprint density at radius 2 is 2.04 bits per heavy atom. The van der Waals surface area contributed by atoms with Crippen molar-refractivity contribution in [1.82, 2.24) is 20.1 Å². The molecular formula is C18H23N5O. The van der Waals surface area contributed by atoms with Gasteiger partial charge in [0.2, 0.25) is 0 Å². The lowest BCUT2D eigenvalue weighted by atomic mass is 10.1. The molecule has 24 heavy (non-hydrogen) atoms. The van der Waals surface area contributed by atoms with Gasteiger partial charge in [-0.1, -0.05) is 25.9 Å². The van der Waals surface area contributed by atoms with Gasteiger partial charge in [-0.25, -0.2) is 9.97 Å². The maximum Gasteiger partial charge on any atom is 0.261 e. The molecule has 0 aromatic carbocycles. The smallest absolute Gasteiger partial charge is 0.261 e. The fourth-order valence-electron chi connectivity index (χ4n) is 2.52. The predicted molar refractivity (Wildman–Crippen MR) is 94.9 cm³/mol. The Kier molecular flexibility index (Phi) is 4.74. The second-order valence-electron chi connectivity index (χ2n) is 6.35. The summed E-state index contributed by atoms with van der Waals surface area (Å²) in [5, 5.41) is 8.49. The second-order valence-corrected chi connectivity index (χ2v) is 6.35. The zero-order valence-corrected chi connectivity index (χ0v) is 14.6. The largest absolute Gasteiger partial charge is 0.384 e. The van der Waals surface area contributed by atoms with Crippen molar-refractivity contribution < 1.29 is 4.52 Å². The van der Waals surface area contributed by atoms with Crippen LogP contribution in [0.5, 0.6) is 0 Å². The average Bonchev–Trinajstić information content (AvgIpc) is 3.03. The van der Waals surface area contributed by atoms with Crippen LogP contribution < -0.4 is 5.32 Å². The van der Waals surface area contributed by atoms with E-state index in [1.807, 2.05) is 26.0 Å². The number of nitrogens with zero attached hydrogens (tertiary/aromatic N) is 4. The summed E-state index contributed by atoms with van der Waals surface area (Å²) >= 11 is 0. The van der Waals surface area contributed by atoms with Gasteiger partial charge in [-0.2, -0.15) is 4.98 Å². The monoisotopic (exact) mass is 325 g/mol. The Morgan fingerprint density at radius 1 is 1.21 bits per heavy atom. The Balaban J connectivity index is 2.07. The van der Waals surface area contributed by atoms with E-state index in [9.17, 15) is 0 Å².